The molecule has 0 unspecified atom stereocenters. The van der Waals surface area contributed by atoms with Crippen LogP contribution >= 0.6 is 0 Å². The van der Waals surface area contributed by atoms with Gasteiger partial charge in [-0.2, -0.15) is 0 Å². The van der Waals surface area contributed by atoms with Gasteiger partial charge in [-0.25, -0.2) is 9.18 Å². The zero-order valence-electron chi connectivity index (χ0n) is 15.8. The molecule has 2 aliphatic rings. The molecule has 27 heavy (non-hydrogen) atoms. The van der Waals surface area contributed by atoms with E-state index in [0.29, 0.717) is 19.6 Å². The Bertz CT molecular complexity index is 689. The molecule has 1 aromatic carbocycles. The number of fused-ring (bicyclic) bond motifs is 1. The number of carboxylic acids is 1. The van der Waals surface area contributed by atoms with Crippen LogP contribution in [0.1, 0.15) is 49.8 Å². The predicted octanol–water partition coefficient (Wildman–Crippen LogP) is 2.78. The third kappa shape index (κ3) is 4.77. The van der Waals surface area contributed by atoms with Gasteiger partial charge in [0, 0.05) is 19.1 Å². The van der Waals surface area contributed by atoms with Gasteiger partial charge >= 0.3 is 12.0 Å². The fourth-order valence-corrected chi connectivity index (χ4v) is 4.27. The summed E-state index contributed by atoms with van der Waals surface area (Å²) in [5.74, 6) is -1.09. The largest absolute Gasteiger partial charge is 0.480 e. The summed E-state index contributed by atoms with van der Waals surface area (Å²) in [6.07, 6.45) is 4.26. The van der Waals surface area contributed by atoms with E-state index < -0.39 is 5.97 Å². The number of nitrogens with zero attached hydrogens (tertiary/aromatic N) is 2. The van der Waals surface area contributed by atoms with Gasteiger partial charge in [-0.05, 0) is 61.9 Å². The first-order valence-corrected chi connectivity index (χ1v) is 9.77. The van der Waals surface area contributed by atoms with Crippen LogP contribution in [0.4, 0.5) is 9.18 Å². The normalized spacial score (nSPS) is 20.4. The molecule has 1 aromatic rings. The number of rotatable bonds is 5. The second kappa shape index (κ2) is 8.69. The van der Waals surface area contributed by atoms with Crippen molar-refractivity contribution < 1.29 is 19.1 Å². The number of aryl methyl sites for hydroxylation is 1. The van der Waals surface area contributed by atoms with Crippen molar-refractivity contribution >= 4 is 12.0 Å². The minimum atomic E-state index is -0.819. The molecular formula is C20H28FN3O3. The number of amides is 2. The Kier molecular flexibility index (Phi) is 6.31. The van der Waals surface area contributed by atoms with E-state index in [1.165, 1.54) is 12.1 Å². The van der Waals surface area contributed by atoms with Crippen LogP contribution in [0.3, 0.4) is 0 Å². The zero-order chi connectivity index (χ0) is 19.4. The third-order valence-corrected chi connectivity index (χ3v) is 5.73. The van der Waals surface area contributed by atoms with Gasteiger partial charge in [-0.3, -0.25) is 9.69 Å². The molecule has 2 amide bonds. The van der Waals surface area contributed by atoms with Gasteiger partial charge in [-0.15, -0.1) is 0 Å². The Morgan fingerprint density at radius 1 is 1.30 bits per heavy atom. The molecule has 0 saturated carbocycles. The van der Waals surface area contributed by atoms with Gasteiger partial charge in [0.25, 0.3) is 0 Å². The number of benzene rings is 1. The molecule has 0 aromatic heterocycles. The SMILES string of the molecule is CCN(CC(=O)O)C1CCN(C(=O)N[C@@H]2CCCc3ccc(F)cc32)CC1. The number of hydrogen-bond acceptors (Lipinski definition) is 3. The van der Waals surface area contributed by atoms with E-state index in [9.17, 15) is 14.0 Å². The summed E-state index contributed by atoms with van der Waals surface area (Å²) >= 11 is 0. The average molecular weight is 377 g/mol. The summed E-state index contributed by atoms with van der Waals surface area (Å²) < 4.78 is 13.6. The number of likely N-dealkylation sites (N-methyl/N-ethyl adjacent to an activating group) is 1. The average Bonchev–Trinajstić information content (AvgIpc) is 2.66. The Labute approximate surface area is 159 Å². The van der Waals surface area contributed by atoms with E-state index in [0.717, 1.165) is 43.2 Å². The van der Waals surface area contributed by atoms with Crippen molar-refractivity contribution in [3.63, 3.8) is 0 Å². The highest BCUT2D eigenvalue weighted by molar-refractivity contribution is 5.75. The third-order valence-electron chi connectivity index (χ3n) is 5.73. The maximum Gasteiger partial charge on any atom is 0.317 e. The molecule has 1 aliphatic carbocycles. The van der Waals surface area contributed by atoms with Crippen molar-refractivity contribution in [2.24, 2.45) is 0 Å². The fourth-order valence-electron chi connectivity index (χ4n) is 4.27. The topological polar surface area (TPSA) is 72.9 Å². The quantitative estimate of drug-likeness (QED) is 0.828. The van der Waals surface area contributed by atoms with Gasteiger partial charge in [0.15, 0.2) is 0 Å². The number of nitrogens with one attached hydrogen (secondary N) is 1. The number of hydrogen-bond donors (Lipinski definition) is 2. The highest BCUT2D eigenvalue weighted by atomic mass is 19.1. The smallest absolute Gasteiger partial charge is 0.317 e. The molecule has 1 atom stereocenters. The van der Waals surface area contributed by atoms with Crippen molar-refractivity contribution in [3.05, 3.63) is 35.1 Å². The van der Waals surface area contributed by atoms with Crippen molar-refractivity contribution in [3.8, 4) is 0 Å². The summed E-state index contributed by atoms with van der Waals surface area (Å²) in [5.41, 5.74) is 2.00. The van der Waals surface area contributed by atoms with Crippen LogP contribution in [-0.2, 0) is 11.2 Å². The molecule has 1 aliphatic heterocycles. The molecular weight excluding hydrogens is 349 g/mol. The fraction of sp³-hybridized carbons (Fsp3) is 0.600. The van der Waals surface area contributed by atoms with Crippen LogP contribution in [0.5, 0.6) is 0 Å². The molecule has 7 heteroatoms. The lowest BCUT2D eigenvalue weighted by Crippen LogP contribution is -2.51. The second-order valence-electron chi connectivity index (χ2n) is 7.41. The molecule has 1 heterocycles. The first kappa shape index (κ1) is 19.6. The summed E-state index contributed by atoms with van der Waals surface area (Å²) in [6, 6.07) is 4.77. The first-order chi connectivity index (χ1) is 13.0. The maximum atomic E-state index is 13.6. The lowest BCUT2D eigenvalue weighted by Gasteiger charge is -2.38. The van der Waals surface area contributed by atoms with Gasteiger partial charge in [0.05, 0.1) is 12.6 Å². The van der Waals surface area contributed by atoms with Gasteiger partial charge in [0.1, 0.15) is 5.82 Å². The molecule has 0 radical (unpaired) electrons. The van der Waals surface area contributed by atoms with E-state index in [1.54, 1.807) is 4.90 Å². The predicted molar refractivity (Wildman–Crippen MR) is 100 cm³/mol. The number of urea groups is 1. The second-order valence-corrected chi connectivity index (χ2v) is 7.41. The van der Waals surface area contributed by atoms with Gasteiger partial charge < -0.3 is 15.3 Å². The maximum absolute atomic E-state index is 13.6. The van der Waals surface area contributed by atoms with E-state index in [2.05, 4.69) is 5.32 Å². The van der Waals surface area contributed by atoms with Crippen molar-refractivity contribution in [1.29, 1.82) is 0 Å². The number of carbonyl (C=O) groups excluding carboxylic acids is 1. The Balaban J connectivity index is 1.56. The van der Waals surface area contributed by atoms with Crippen LogP contribution in [-0.4, -0.2) is 59.1 Å². The van der Waals surface area contributed by atoms with E-state index in [1.807, 2.05) is 17.9 Å². The van der Waals surface area contributed by atoms with Crippen LogP contribution < -0.4 is 5.32 Å². The Morgan fingerprint density at radius 3 is 2.70 bits per heavy atom. The van der Waals surface area contributed by atoms with Crippen LogP contribution in [0.15, 0.2) is 18.2 Å². The van der Waals surface area contributed by atoms with Crippen LogP contribution in [0.25, 0.3) is 0 Å². The molecule has 0 spiro atoms. The molecule has 1 fully saturated rings. The minimum Gasteiger partial charge on any atom is -0.480 e. The number of aliphatic carboxylic acids is 1. The number of carboxylic acid groups (broad SMARTS) is 1. The Morgan fingerprint density at radius 2 is 2.04 bits per heavy atom. The number of piperidine rings is 1. The van der Waals surface area contributed by atoms with Crippen molar-refractivity contribution in [2.45, 2.75) is 51.1 Å². The van der Waals surface area contributed by atoms with E-state index in [-0.39, 0.29) is 30.5 Å². The molecule has 1 saturated heterocycles. The summed E-state index contributed by atoms with van der Waals surface area (Å²) in [4.78, 5) is 27.4. The standard InChI is InChI=1S/C20H28FN3O3/c1-2-23(13-19(25)26)16-8-10-24(11-9-16)20(27)22-18-5-3-4-14-6-7-15(21)12-17(14)18/h6-7,12,16,18H,2-5,8-11,13H2,1H3,(H,22,27)(H,25,26)/t18-/m1/s1. The highest BCUT2D eigenvalue weighted by Gasteiger charge is 2.29. The van der Waals surface area contributed by atoms with Crippen LogP contribution in [0, 0.1) is 5.82 Å². The summed E-state index contributed by atoms with van der Waals surface area (Å²) in [7, 11) is 0. The lowest BCUT2D eigenvalue weighted by molar-refractivity contribution is -0.139. The van der Waals surface area contributed by atoms with E-state index in [4.69, 9.17) is 5.11 Å². The number of carbonyl (C=O) groups is 2. The summed E-state index contributed by atoms with van der Waals surface area (Å²) in [5, 5.41) is 12.1. The monoisotopic (exact) mass is 377 g/mol. The van der Waals surface area contributed by atoms with Crippen molar-refractivity contribution in [1.82, 2.24) is 15.1 Å². The lowest BCUT2D eigenvalue weighted by atomic mass is 9.87. The van der Waals surface area contributed by atoms with Crippen LogP contribution in [0.2, 0.25) is 0 Å². The Hall–Kier alpha value is -2.15. The molecule has 0 bridgehead atoms. The van der Waals surface area contributed by atoms with E-state index >= 15 is 0 Å². The molecule has 148 valence electrons. The molecule has 3 rings (SSSR count). The van der Waals surface area contributed by atoms with Crippen molar-refractivity contribution in [2.75, 3.05) is 26.2 Å². The highest BCUT2D eigenvalue weighted by Crippen LogP contribution is 2.30. The minimum absolute atomic E-state index is 0.0395. The van der Waals surface area contributed by atoms with Gasteiger partial charge in [0.2, 0.25) is 0 Å². The number of halogens is 1. The van der Waals surface area contributed by atoms with Gasteiger partial charge in [-0.1, -0.05) is 13.0 Å². The summed E-state index contributed by atoms with van der Waals surface area (Å²) in [6.45, 7) is 3.90. The molecule has 2 N–H and O–H groups in total. The molecule has 6 nitrogen and oxygen atoms in total. The zero-order valence-corrected chi connectivity index (χ0v) is 15.8. The first-order valence-electron chi connectivity index (χ1n) is 9.77. The number of likely N-dealkylation sites (tertiary alicyclic amines) is 1.